The topological polar surface area (TPSA) is 74.8 Å². The van der Waals surface area contributed by atoms with Gasteiger partial charge in [0, 0.05) is 43.8 Å². The van der Waals surface area contributed by atoms with Crippen molar-refractivity contribution < 1.29 is 17.8 Å². The molecular formula is C15H21N2O4PS. The van der Waals surface area contributed by atoms with Gasteiger partial charge in [-0.15, -0.1) is 0 Å². The average Bonchev–Trinajstić information content (AvgIpc) is 2.56. The highest BCUT2D eigenvalue weighted by Gasteiger charge is 2.35. The lowest BCUT2D eigenvalue weighted by atomic mass is 10.4. The van der Waals surface area contributed by atoms with Crippen molar-refractivity contribution in [1.29, 1.82) is 0 Å². The molecule has 6 nitrogen and oxygen atoms in total. The maximum atomic E-state index is 13.0. The molecule has 23 heavy (non-hydrogen) atoms. The number of hydrogen-bond acceptors (Lipinski definition) is 4. The summed E-state index contributed by atoms with van der Waals surface area (Å²) in [5.41, 5.74) is 0. The van der Waals surface area contributed by atoms with Gasteiger partial charge in [0.15, 0.2) is 9.84 Å². The normalized spacial score (nSPS) is 23.5. The van der Waals surface area contributed by atoms with Crippen LogP contribution in [0.2, 0.25) is 0 Å². The molecule has 0 radical (unpaired) electrons. The van der Waals surface area contributed by atoms with Crippen LogP contribution in [0.15, 0.2) is 30.3 Å². The van der Waals surface area contributed by atoms with Crippen molar-refractivity contribution in [3.63, 3.8) is 0 Å². The summed E-state index contributed by atoms with van der Waals surface area (Å²) in [5, 5.41) is 0.885. The Morgan fingerprint density at radius 1 is 0.913 bits per heavy atom. The Labute approximate surface area is 136 Å². The van der Waals surface area contributed by atoms with E-state index < -0.39 is 17.0 Å². The second-order valence-electron chi connectivity index (χ2n) is 6.08. The fraction of sp³-hybridized carbons (Fsp3) is 0.533. The van der Waals surface area contributed by atoms with E-state index >= 15 is 0 Å². The van der Waals surface area contributed by atoms with Gasteiger partial charge in [0.25, 0.3) is 0 Å². The van der Waals surface area contributed by atoms with Crippen LogP contribution in [-0.2, 0) is 14.4 Å². The minimum absolute atomic E-state index is 0.0368. The highest BCUT2D eigenvalue weighted by molar-refractivity contribution is 7.91. The number of nitrogens with zero attached hydrogens (tertiary/aromatic N) is 2. The summed E-state index contributed by atoms with van der Waals surface area (Å²) in [4.78, 5) is 15.8. The Kier molecular flexibility index (Phi) is 4.52. The molecule has 2 aliphatic heterocycles. The number of carbonyl (C=O) groups is 1. The van der Waals surface area contributed by atoms with Crippen molar-refractivity contribution in [2.24, 2.45) is 0 Å². The molecule has 2 heterocycles. The van der Waals surface area contributed by atoms with Crippen molar-refractivity contribution in [2.45, 2.75) is 0 Å². The van der Waals surface area contributed by atoms with E-state index in [9.17, 15) is 17.8 Å². The number of benzene rings is 1. The molecule has 2 saturated heterocycles. The van der Waals surface area contributed by atoms with E-state index in [2.05, 4.69) is 0 Å². The van der Waals surface area contributed by atoms with E-state index in [0.29, 0.717) is 25.4 Å². The van der Waals surface area contributed by atoms with Gasteiger partial charge in [0.1, 0.15) is 7.14 Å². The van der Waals surface area contributed by atoms with E-state index in [0.717, 1.165) is 5.30 Å². The van der Waals surface area contributed by atoms with E-state index in [-0.39, 0.29) is 30.6 Å². The molecule has 8 heteroatoms. The number of hydrogen-bond donors (Lipinski definition) is 0. The molecule has 3 rings (SSSR count). The third-order valence-corrected chi connectivity index (χ3v) is 9.27. The first-order valence-electron chi connectivity index (χ1n) is 7.78. The van der Waals surface area contributed by atoms with Crippen molar-refractivity contribution >= 4 is 28.3 Å². The van der Waals surface area contributed by atoms with E-state index in [1.807, 2.05) is 30.3 Å². The molecule has 2 fully saturated rings. The highest BCUT2D eigenvalue weighted by atomic mass is 32.2. The van der Waals surface area contributed by atoms with Gasteiger partial charge < -0.3 is 14.4 Å². The van der Waals surface area contributed by atoms with Crippen LogP contribution in [0.3, 0.4) is 0 Å². The fourth-order valence-electron chi connectivity index (χ4n) is 3.04. The van der Waals surface area contributed by atoms with Crippen LogP contribution in [-0.4, -0.2) is 74.3 Å². The molecule has 0 unspecified atom stereocenters. The summed E-state index contributed by atoms with van der Waals surface area (Å²) < 4.78 is 35.9. The van der Waals surface area contributed by atoms with Gasteiger partial charge in [-0.3, -0.25) is 0 Å². The molecule has 0 aromatic heterocycles. The lowest BCUT2D eigenvalue weighted by molar-refractivity contribution is 0.160. The number of rotatable bonds is 1. The van der Waals surface area contributed by atoms with Gasteiger partial charge >= 0.3 is 6.03 Å². The number of carbonyl (C=O) groups excluding carboxylic acids is 1. The highest BCUT2D eigenvalue weighted by Crippen LogP contribution is 2.46. The zero-order valence-electron chi connectivity index (χ0n) is 12.9. The Bertz CT molecular complexity index is 709. The number of amides is 2. The third-order valence-electron chi connectivity index (χ3n) is 4.57. The molecule has 0 N–H and O–H groups in total. The van der Waals surface area contributed by atoms with Gasteiger partial charge in [-0.25, -0.2) is 13.2 Å². The maximum absolute atomic E-state index is 13.0. The summed E-state index contributed by atoms with van der Waals surface area (Å²) in [7, 11) is -5.40. The van der Waals surface area contributed by atoms with E-state index in [4.69, 9.17) is 0 Å². The molecular weight excluding hydrogens is 335 g/mol. The average molecular weight is 356 g/mol. The number of sulfone groups is 1. The van der Waals surface area contributed by atoms with Crippen molar-refractivity contribution in [2.75, 3.05) is 50.0 Å². The van der Waals surface area contributed by atoms with E-state index in [1.54, 1.807) is 9.80 Å². The van der Waals surface area contributed by atoms with Crippen LogP contribution < -0.4 is 5.30 Å². The fourth-order valence-corrected chi connectivity index (χ4v) is 6.83. The zero-order valence-corrected chi connectivity index (χ0v) is 14.6. The first-order valence-corrected chi connectivity index (χ1v) is 11.7. The van der Waals surface area contributed by atoms with Crippen molar-refractivity contribution in [1.82, 2.24) is 9.80 Å². The third kappa shape index (κ3) is 3.61. The van der Waals surface area contributed by atoms with Crippen LogP contribution in [0.4, 0.5) is 4.79 Å². The first kappa shape index (κ1) is 16.5. The molecule has 2 amide bonds. The summed E-state index contributed by atoms with van der Waals surface area (Å²) in [6, 6.07) is 9.35. The summed E-state index contributed by atoms with van der Waals surface area (Å²) >= 11 is 0. The quantitative estimate of drug-likeness (QED) is 0.699. The number of urea groups is 1. The molecule has 1 aromatic rings. The molecule has 126 valence electrons. The van der Waals surface area contributed by atoms with Crippen LogP contribution in [0, 0.1) is 0 Å². The molecule has 1 aromatic carbocycles. The SMILES string of the molecule is O=C(N1CCP(=O)(c2ccccc2)CC1)N1CCS(=O)(=O)CC1. The van der Waals surface area contributed by atoms with Gasteiger partial charge in [-0.05, 0) is 0 Å². The lowest BCUT2D eigenvalue weighted by Crippen LogP contribution is -2.52. The molecule has 0 saturated carbocycles. The largest absolute Gasteiger partial charge is 0.324 e. The first-order chi connectivity index (χ1) is 10.9. The van der Waals surface area contributed by atoms with Gasteiger partial charge in [-0.2, -0.15) is 0 Å². The minimum Gasteiger partial charge on any atom is -0.324 e. The Balaban J connectivity index is 1.61. The van der Waals surface area contributed by atoms with Crippen molar-refractivity contribution in [3.05, 3.63) is 30.3 Å². The monoisotopic (exact) mass is 356 g/mol. The van der Waals surface area contributed by atoms with Gasteiger partial charge in [0.05, 0.1) is 11.5 Å². The zero-order chi connectivity index (χ0) is 16.5. The van der Waals surface area contributed by atoms with E-state index in [1.165, 1.54) is 0 Å². The standard InChI is InChI=1S/C15H21N2O4PS/c18-15(17-8-12-23(20,21)13-9-17)16-6-10-22(19,11-7-16)14-4-2-1-3-5-14/h1-5H,6-13H2. The smallest absolute Gasteiger partial charge is 0.320 e. The van der Waals surface area contributed by atoms with Crippen molar-refractivity contribution in [3.8, 4) is 0 Å². The van der Waals surface area contributed by atoms with Crippen LogP contribution in [0.5, 0.6) is 0 Å². The molecule has 0 bridgehead atoms. The van der Waals surface area contributed by atoms with Gasteiger partial charge in [-0.1, -0.05) is 30.3 Å². The summed E-state index contributed by atoms with van der Waals surface area (Å²) in [6.07, 6.45) is 0.990. The second-order valence-corrected chi connectivity index (χ2v) is 11.6. The lowest BCUT2D eigenvalue weighted by Gasteiger charge is -2.37. The van der Waals surface area contributed by atoms with Crippen LogP contribution in [0.25, 0.3) is 0 Å². The summed E-state index contributed by atoms with van der Waals surface area (Å²) in [6.45, 7) is 1.45. The van der Waals surface area contributed by atoms with Crippen LogP contribution >= 0.6 is 7.14 Å². The maximum Gasteiger partial charge on any atom is 0.320 e. The Morgan fingerprint density at radius 2 is 1.43 bits per heavy atom. The molecule has 0 aliphatic carbocycles. The molecule has 2 aliphatic rings. The summed E-state index contributed by atoms with van der Waals surface area (Å²) in [5.74, 6) is 0.0736. The van der Waals surface area contributed by atoms with Crippen LogP contribution in [0.1, 0.15) is 0 Å². The Hall–Kier alpha value is -1.33. The minimum atomic E-state index is -2.99. The molecule has 0 atom stereocenters. The Morgan fingerprint density at radius 3 is 2.00 bits per heavy atom. The predicted molar refractivity (Wildman–Crippen MR) is 90.6 cm³/mol. The molecule has 0 spiro atoms. The van der Waals surface area contributed by atoms with Gasteiger partial charge in [0.2, 0.25) is 0 Å². The predicted octanol–water partition coefficient (Wildman–Crippen LogP) is 0.841. The second kappa shape index (κ2) is 6.29.